The molecule has 2 aromatic carbocycles. The first kappa shape index (κ1) is 22.1. The fourth-order valence-electron chi connectivity index (χ4n) is 4.02. The highest BCUT2D eigenvalue weighted by atomic mass is 79.9. The van der Waals surface area contributed by atoms with E-state index in [0.717, 1.165) is 21.0 Å². The summed E-state index contributed by atoms with van der Waals surface area (Å²) in [6.45, 7) is 8.57. The van der Waals surface area contributed by atoms with Crippen LogP contribution in [-0.2, 0) is 0 Å². The van der Waals surface area contributed by atoms with Gasteiger partial charge in [-0.15, -0.1) is 0 Å². The number of fused-ring (bicyclic) bond motifs is 2. The summed E-state index contributed by atoms with van der Waals surface area (Å²) in [6, 6.07) is 9.61. The van der Waals surface area contributed by atoms with Gasteiger partial charge in [-0.1, -0.05) is 22.0 Å². The molecule has 166 valence electrons. The summed E-state index contributed by atoms with van der Waals surface area (Å²) in [5.41, 5.74) is 8.64. The van der Waals surface area contributed by atoms with Crippen molar-refractivity contribution < 1.29 is 13.9 Å². The molecular weight excluding hydrogens is 470 g/mol. The van der Waals surface area contributed by atoms with Crippen molar-refractivity contribution in [2.24, 2.45) is 5.10 Å². The maximum absolute atomic E-state index is 12.6. The number of allylic oxidation sites excluding steroid dienone is 1. The van der Waals surface area contributed by atoms with Crippen molar-refractivity contribution in [3.63, 3.8) is 0 Å². The number of aryl methyl sites for hydroxylation is 1. The fourth-order valence-corrected chi connectivity index (χ4v) is 4.48. The summed E-state index contributed by atoms with van der Waals surface area (Å²) in [5.74, 6) is 0.292. The van der Waals surface area contributed by atoms with Crippen molar-refractivity contribution in [1.82, 2.24) is 5.43 Å². The van der Waals surface area contributed by atoms with Crippen LogP contribution in [0.5, 0.6) is 5.75 Å². The number of halogens is 1. The Labute approximate surface area is 196 Å². The zero-order valence-corrected chi connectivity index (χ0v) is 20.6. The number of nitrogens with one attached hydrogen (secondary N) is 1. The quantitative estimate of drug-likeness (QED) is 0.360. The second-order valence-corrected chi connectivity index (χ2v) is 9.52. The first-order chi connectivity index (χ1) is 15.1. The molecular formula is C25H26BrN3O3. The number of hydrogen-bond donors (Lipinski definition) is 1. The lowest BCUT2D eigenvalue weighted by Gasteiger charge is -2.41. The van der Waals surface area contributed by atoms with Crippen LogP contribution in [0.2, 0.25) is 0 Å². The number of amides is 1. The van der Waals surface area contributed by atoms with Gasteiger partial charge in [-0.2, -0.15) is 5.10 Å². The largest absolute Gasteiger partial charge is 0.493 e. The Balaban J connectivity index is 1.57. The maximum atomic E-state index is 12.6. The van der Waals surface area contributed by atoms with Crippen molar-refractivity contribution in [2.75, 3.05) is 19.1 Å². The smallest absolute Gasteiger partial charge is 0.307 e. The van der Waals surface area contributed by atoms with Crippen LogP contribution in [0.4, 0.5) is 5.69 Å². The highest BCUT2D eigenvalue weighted by Gasteiger charge is 2.28. The highest BCUT2D eigenvalue weighted by molar-refractivity contribution is 9.10. The summed E-state index contributed by atoms with van der Waals surface area (Å²) < 4.78 is 11.9. The molecule has 1 N–H and O–H groups in total. The van der Waals surface area contributed by atoms with E-state index in [0.29, 0.717) is 11.3 Å². The number of rotatable bonds is 4. The van der Waals surface area contributed by atoms with Crippen LogP contribution in [0.15, 0.2) is 50.4 Å². The molecule has 3 aromatic rings. The third kappa shape index (κ3) is 3.93. The van der Waals surface area contributed by atoms with E-state index in [1.54, 1.807) is 25.5 Å². The minimum absolute atomic E-state index is 0.0437. The van der Waals surface area contributed by atoms with Gasteiger partial charge in [-0.25, -0.2) is 5.43 Å². The van der Waals surface area contributed by atoms with E-state index >= 15 is 0 Å². The van der Waals surface area contributed by atoms with Crippen molar-refractivity contribution in [3.8, 4) is 5.75 Å². The Morgan fingerprint density at radius 3 is 2.69 bits per heavy atom. The van der Waals surface area contributed by atoms with Crippen LogP contribution in [0, 0.1) is 6.92 Å². The first-order valence-electron chi connectivity index (χ1n) is 10.3. The van der Waals surface area contributed by atoms with Crippen LogP contribution >= 0.6 is 15.9 Å². The molecule has 1 aromatic heterocycles. The number of carbonyl (C=O) groups is 1. The van der Waals surface area contributed by atoms with Crippen molar-refractivity contribution in [1.29, 1.82) is 0 Å². The predicted octanol–water partition coefficient (Wildman–Crippen LogP) is 5.91. The Morgan fingerprint density at radius 2 is 1.97 bits per heavy atom. The number of furan rings is 1. The van der Waals surface area contributed by atoms with E-state index in [2.05, 4.69) is 77.4 Å². The van der Waals surface area contributed by atoms with E-state index in [9.17, 15) is 4.79 Å². The molecule has 0 atom stereocenters. The number of hydrogen-bond acceptors (Lipinski definition) is 5. The molecule has 0 aliphatic carbocycles. The minimum Gasteiger partial charge on any atom is -0.493 e. The summed E-state index contributed by atoms with van der Waals surface area (Å²) in [5, 5.41) is 4.94. The number of likely N-dealkylation sites (N-methyl/N-ethyl adjacent to an activating group) is 1. The van der Waals surface area contributed by atoms with Crippen molar-refractivity contribution in [3.05, 3.63) is 63.3 Å². The van der Waals surface area contributed by atoms with Gasteiger partial charge in [-0.05, 0) is 74.7 Å². The number of nitrogens with zero attached hydrogens (tertiary/aromatic N) is 2. The number of hydrazone groups is 1. The minimum atomic E-state index is -0.427. The molecule has 0 saturated carbocycles. The average Bonchev–Trinajstić information content (AvgIpc) is 3.16. The van der Waals surface area contributed by atoms with Gasteiger partial charge in [0, 0.05) is 28.2 Å². The number of anilines is 1. The molecule has 1 aliphatic heterocycles. The van der Waals surface area contributed by atoms with E-state index in [-0.39, 0.29) is 11.3 Å². The molecule has 1 aliphatic rings. The van der Waals surface area contributed by atoms with Crippen molar-refractivity contribution in [2.45, 2.75) is 33.2 Å². The van der Waals surface area contributed by atoms with E-state index < -0.39 is 5.91 Å². The van der Waals surface area contributed by atoms with Crippen LogP contribution in [0.3, 0.4) is 0 Å². The Bertz CT molecular complexity index is 1290. The summed E-state index contributed by atoms with van der Waals surface area (Å²) in [4.78, 5) is 14.9. The number of benzene rings is 2. The zero-order chi connectivity index (χ0) is 23.2. The standard InChI is InChI=1S/C25H26BrN3O3/c1-14-7-20-19(15(2)12-25(3,4)29(20)5)9-17(14)13-27-28-24(30)22-10-16-8-18(26)11-21(31-6)23(16)32-22/h7-13H,1-6H3,(H,28,30)/b27-13-. The Hall–Kier alpha value is -3.06. The molecule has 2 heterocycles. The summed E-state index contributed by atoms with van der Waals surface area (Å²) in [7, 11) is 3.67. The van der Waals surface area contributed by atoms with E-state index in [1.165, 1.54) is 16.8 Å². The van der Waals surface area contributed by atoms with Gasteiger partial charge in [0.05, 0.1) is 18.9 Å². The summed E-state index contributed by atoms with van der Waals surface area (Å²) in [6.07, 6.45) is 3.93. The van der Waals surface area contributed by atoms with Crippen LogP contribution in [0.1, 0.15) is 48.0 Å². The Kier molecular flexibility index (Phi) is 5.63. The molecule has 0 saturated heterocycles. The average molecular weight is 496 g/mol. The van der Waals surface area contributed by atoms with Gasteiger partial charge < -0.3 is 14.1 Å². The lowest BCUT2D eigenvalue weighted by molar-refractivity contribution is 0.0929. The topological polar surface area (TPSA) is 67.1 Å². The van der Waals surface area contributed by atoms with Gasteiger partial charge >= 0.3 is 5.91 Å². The molecule has 6 nitrogen and oxygen atoms in total. The third-order valence-electron chi connectivity index (χ3n) is 5.97. The monoisotopic (exact) mass is 495 g/mol. The molecule has 32 heavy (non-hydrogen) atoms. The van der Waals surface area contributed by atoms with Gasteiger partial charge in [0.15, 0.2) is 17.1 Å². The van der Waals surface area contributed by atoms with Crippen LogP contribution < -0.4 is 15.1 Å². The highest BCUT2D eigenvalue weighted by Crippen LogP contribution is 2.39. The van der Waals surface area contributed by atoms with Gasteiger partial charge in [0.25, 0.3) is 0 Å². The second kappa shape index (κ2) is 8.13. The Morgan fingerprint density at radius 1 is 1.22 bits per heavy atom. The fraction of sp³-hybridized carbons (Fsp3) is 0.280. The normalized spacial score (nSPS) is 15.1. The van der Waals surface area contributed by atoms with E-state index in [4.69, 9.17) is 9.15 Å². The predicted molar refractivity (Wildman–Crippen MR) is 133 cm³/mol. The molecule has 7 heteroatoms. The number of methoxy groups -OCH3 is 1. The molecule has 0 fully saturated rings. The van der Waals surface area contributed by atoms with Gasteiger partial charge in [-0.3, -0.25) is 4.79 Å². The lowest BCUT2D eigenvalue weighted by Crippen LogP contribution is -2.42. The van der Waals surface area contributed by atoms with Crippen LogP contribution in [0.25, 0.3) is 16.5 Å². The molecule has 1 amide bonds. The maximum Gasteiger partial charge on any atom is 0.307 e. The second-order valence-electron chi connectivity index (χ2n) is 8.60. The van der Waals surface area contributed by atoms with Crippen LogP contribution in [-0.4, -0.2) is 31.8 Å². The van der Waals surface area contributed by atoms with Gasteiger partial charge in [0.1, 0.15) is 0 Å². The van der Waals surface area contributed by atoms with E-state index in [1.807, 2.05) is 13.0 Å². The molecule has 0 spiro atoms. The van der Waals surface area contributed by atoms with Gasteiger partial charge in [0.2, 0.25) is 0 Å². The summed E-state index contributed by atoms with van der Waals surface area (Å²) >= 11 is 3.43. The molecule has 4 rings (SSSR count). The molecule has 0 unspecified atom stereocenters. The molecule has 0 bridgehead atoms. The first-order valence-corrected chi connectivity index (χ1v) is 11.1. The number of ether oxygens (including phenoxy) is 1. The molecule has 0 radical (unpaired) electrons. The SMILES string of the molecule is COc1cc(Br)cc2cc(C(=O)N/N=C\c3cc4c(cc3C)N(C)C(C)(C)C=C4C)oc12. The lowest BCUT2D eigenvalue weighted by atomic mass is 9.87. The third-order valence-corrected chi connectivity index (χ3v) is 6.42. The zero-order valence-electron chi connectivity index (χ0n) is 19.0. The van der Waals surface area contributed by atoms with Crippen molar-refractivity contribution >= 4 is 50.3 Å². The number of carbonyl (C=O) groups excluding carboxylic acids is 1.